The molecule has 2 aromatic carbocycles. The van der Waals surface area contributed by atoms with Crippen LogP contribution in [0.4, 0.5) is 5.69 Å². The maximum absolute atomic E-state index is 12.4. The van der Waals surface area contributed by atoms with Gasteiger partial charge in [-0.25, -0.2) is 8.42 Å². The van der Waals surface area contributed by atoms with Crippen molar-refractivity contribution in [3.63, 3.8) is 0 Å². The van der Waals surface area contributed by atoms with Crippen LogP contribution in [0.1, 0.15) is 31.4 Å². The van der Waals surface area contributed by atoms with Gasteiger partial charge in [0.25, 0.3) is 10.0 Å². The molecule has 2 rings (SSSR count). The Balaban J connectivity index is 2.21. The molecule has 112 valence electrons. The molecule has 0 spiro atoms. The first kappa shape index (κ1) is 15.6. The molecule has 4 heteroatoms. The second-order valence-electron chi connectivity index (χ2n) is 5.05. The Bertz CT molecular complexity index is 691. The number of benzene rings is 2. The molecule has 0 bridgehead atoms. The minimum Gasteiger partial charge on any atom is -0.280 e. The van der Waals surface area contributed by atoms with E-state index in [1.54, 1.807) is 18.2 Å². The van der Waals surface area contributed by atoms with Crippen molar-refractivity contribution >= 4 is 15.7 Å². The van der Waals surface area contributed by atoms with Gasteiger partial charge in [-0.15, -0.1) is 0 Å². The van der Waals surface area contributed by atoms with Gasteiger partial charge in [0, 0.05) is 5.69 Å². The molecule has 0 radical (unpaired) electrons. The first-order chi connectivity index (χ1) is 10.0. The molecular weight excluding hydrogens is 282 g/mol. The van der Waals surface area contributed by atoms with E-state index in [1.807, 2.05) is 37.3 Å². The van der Waals surface area contributed by atoms with Crippen molar-refractivity contribution in [3.05, 3.63) is 59.7 Å². The zero-order chi connectivity index (χ0) is 15.3. The van der Waals surface area contributed by atoms with Gasteiger partial charge < -0.3 is 0 Å². The summed E-state index contributed by atoms with van der Waals surface area (Å²) in [6.07, 6.45) is 2.89. The molecular formula is C17H21NO2S. The fraction of sp³-hybridized carbons (Fsp3) is 0.294. The van der Waals surface area contributed by atoms with Gasteiger partial charge in [-0.05, 0) is 48.2 Å². The molecule has 0 atom stereocenters. The van der Waals surface area contributed by atoms with Gasteiger partial charge in [-0.1, -0.05) is 44.5 Å². The van der Waals surface area contributed by atoms with E-state index < -0.39 is 10.0 Å². The van der Waals surface area contributed by atoms with E-state index in [-0.39, 0.29) is 0 Å². The second-order valence-corrected chi connectivity index (χ2v) is 6.74. The molecule has 2 aromatic rings. The molecule has 21 heavy (non-hydrogen) atoms. The molecule has 0 aliphatic rings. The summed E-state index contributed by atoms with van der Waals surface area (Å²) in [5, 5.41) is 0. The molecule has 0 saturated carbocycles. The lowest BCUT2D eigenvalue weighted by atomic mass is 10.1. The van der Waals surface area contributed by atoms with Crippen LogP contribution in [0.2, 0.25) is 0 Å². The predicted molar refractivity (Wildman–Crippen MR) is 87.1 cm³/mol. The van der Waals surface area contributed by atoms with Crippen LogP contribution < -0.4 is 4.72 Å². The van der Waals surface area contributed by atoms with Crippen molar-refractivity contribution in [2.45, 2.75) is 38.0 Å². The van der Waals surface area contributed by atoms with Crippen LogP contribution in [-0.4, -0.2) is 8.42 Å². The Kier molecular flexibility index (Phi) is 5.02. The molecule has 1 N–H and O–H groups in total. The number of hydrogen-bond donors (Lipinski definition) is 1. The minimum atomic E-state index is -3.52. The fourth-order valence-electron chi connectivity index (χ4n) is 2.19. The molecule has 0 fully saturated rings. The van der Waals surface area contributed by atoms with E-state index in [0.29, 0.717) is 10.6 Å². The average Bonchev–Trinajstić information content (AvgIpc) is 2.48. The summed E-state index contributed by atoms with van der Waals surface area (Å²) in [5.41, 5.74) is 2.87. The maximum Gasteiger partial charge on any atom is 0.261 e. The average molecular weight is 303 g/mol. The number of hydrogen-bond acceptors (Lipinski definition) is 2. The summed E-state index contributed by atoms with van der Waals surface area (Å²) < 4.78 is 27.4. The van der Waals surface area contributed by atoms with Crippen LogP contribution in [0.3, 0.4) is 0 Å². The highest BCUT2D eigenvalue weighted by Gasteiger charge is 2.14. The molecule has 0 unspecified atom stereocenters. The van der Waals surface area contributed by atoms with Crippen LogP contribution in [-0.2, 0) is 22.9 Å². The third-order valence-corrected chi connectivity index (χ3v) is 4.76. The fourth-order valence-corrected chi connectivity index (χ4v) is 3.24. The lowest BCUT2D eigenvalue weighted by molar-refractivity contribution is 0.601. The highest BCUT2D eigenvalue weighted by Crippen LogP contribution is 2.18. The SMILES string of the molecule is CCCc1ccc(S(=O)(=O)Nc2cccc(CC)c2)cc1. The Morgan fingerprint density at radius 3 is 2.29 bits per heavy atom. The van der Waals surface area contributed by atoms with Crippen molar-refractivity contribution in [2.24, 2.45) is 0 Å². The van der Waals surface area contributed by atoms with Gasteiger partial charge >= 0.3 is 0 Å². The normalized spacial score (nSPS) is 11.3. The van der Waals surface area contributed by atoms with E-state index in [1.165, 1.54) is 0 Å². The minimum absolute atomic E-state index is 0.296. The molecule has 0 aliphatic heterocycles. The topological polar surface area (TPSA) is 46.2 Å². The first-order valence-electron chi connectivity index (χ1n) is 7.26. The molecule has 0 heterocycles. The van der Waals surface area contributed by atoms with Crippen molar-refractivity contribution in [2.75, 3.05) is 4.72 Å². The third-order valence-electron chi connectivity index (χ3n) is 3.36. The molecule has 0 saturated heterocycles. The van der Waals surface area contributed by atoms with E-state index in [0.717, 1.165) is 30.4 Å². The van der Waals surface area contributed by atoms with Crippen molar-refractivity contribution in [1.82, 2.24) is 0 Å². The summed E-state index contributed by atoms with van der Waals surface area (Å²) in [5.74, 6) is 0. The lowest BCUT2D eigenvalue weighted by Gasteiger charge is -2.09. The van der Waals surface area contributed by atoms with Crippen molar-refractivity contribution in [1.29, 1.82) is 0 Å². The number of rotatable bonds is 6. The monoisotopic (exact) mass is 303 g/mol. The number of sulfonamides is 1. The Labute approximate surface area is 127 Å². The van der Waals surface area contributed by atoms with Crippen molar-refractivity contribution in [3.8, 4) is 0 Å². The van der Waals surface area contributed by atoms with Gasteiger partial charge in [0.1, 0.15) is 0 Å². The van der Waals surface area contributed by atoms with Gasteiger partial charge in [-0.2, -0.15) is 0 Å². The Morgan fingerprint density at radius 1 is 0.952 bits per heavy atom. The van der Waals surface area contributed by atoms with Crippen LogP contribution in [0.15, 0.2) is 53.4 Å². The van der Waals surface area contributed by atoms with E-state index in [2.05, 4.69) is 11.6 Å². The summed E-state index contributed by atoms with van der Waals surface area (Å²) in [6.45, 7) is 4.15. The van der Waals surface area contributed by atoms with Gasteiger partial charge in [0.15, 0.2) is 0 Å². The van der Waals surface area contributed by atoms with Crippen LogP contribution in [0.5, 0.6) is 0 Å². The maximum atomic E-state index is 12.4. The standard InChI is InChI=1S/C17H21NO2S/c1-3-6-15-9-11-17(12-10-15)21(19,20)18-16-8-5-7-14(4-2)13-16/h5,7-13,18H,3-4,6H2,1-2H3. The first-order valence-corrected chi connectivity index (χ1v) is 8.74. The van der Waals surface area contributed by atoms with Crippen LogP contribution >= 0.6 is 0 Å². The van der Waals surface area contributed by atoms with Crippen molar-refractivity contribution < 1.29 is 8.42 Å². The molecule has 0 aromatic heterocycles. The van der Waals surface area contributed by atoms with Gasteiger partial charge in [0.2, 0.25) is 0 Å². The highest BCUT2D eigenvalue weighted by atomic mass is 32.2. The summed E-state index contributed by atoms with van der Waals surface area (Å²) in [4.78, 5) is 0.296. The van der Waals surface area contributed by atoms with E-state index in [4.69, 9.17) is 0 Å². The number of anilines is 1. The Hall–Kier alpha value is -1.81. The highest BCUT2D eigenvalue weighted by molar-refractivity contribution is 7.92. The summed E-state index contributed by atoms with van der Waals surface area (Å²) in [7, 11) is -3.52. The lowest BCUT2D eigenvalue weighted by Crippen LogP contribution is -2.13. The summed E-state index contributed by atoms with van der Waals surface area (Å²) >= 11 is 0. The van der Waals surface area contributed by atoms with E-state index in [9.17, 15) is 8.42 Å². The van der Waals surface area contributed by atoms with Crippen LogP contribution in [0, 0.1) is 0 Å². The molecule has 0 aliphatic carbocycles. The van der Waals surface area contributed by atoms with Gasteiger partial charge in [-0.3, -0.25) is 4.72 Å². The Morgan fingerprint density at radius 2 is 1.67 bits per heavy atom. The molecule has 3 nitrogen and oxygen atoms in total. The number of nitrogens with one attached hydrogen (secondary N) is 1. The predicted octanol–water partition coefficient (Wildman–Crippen LogP) is 4.00. The largest absolute Gasteiger partial charge is 0.280 e. The smallest absolute Gasteiger partial charge is 0.261 e. The zero-order valence-corrected chi connectivity index (χ0v) is 13.3. The summed E-state index contributed by atoms with van der Waals surface area (Å²) in [6, 6.07) is 14.6. The third kappa shape index (κ3) is 4.08. The van der Waals surface area contributed by atoms with E-state index >= 15 is 0 Å². The number of aryl methyl sites for hydroxylation is 2. The second kappa shape index (κ2) is 6.76. The zero-order valence-electron chi connectivity index (χ0n) is 12.5. The van der Waals surface area contributed by atoms with Gasteiger partial charge in [0.05, 0.1) is 4.90 Å². The molecule has 0 amide bonds. The quantitative estimate of drug-likeness (QED) is 0.876. The van der Waals surface area contributed by atoms with Crippen LogP contribution in [0.25, 0.3) is 0 Å².